The van der Waals surface area contributed by atoms with Gasteiger partial charge in [-0.15, -0.1) is 0 Å². The molecule has 4 saturated carbocycles. The number of ether oxygens (including phenoxy) is 4. The number of benzene rings is 8. The van der Waals surface area contributed by atoms with Crippen molar-refractivity contribution in [3.8, 4) is 0 Å². The van der Waals surface area contributed by atoms with Crippen molar-refractivity contribution < 1.29 is 79.0 Å². The third-order valence-corrected chi connectivity index (χ3v) is 24.9. The first-order chi connectivity index (χ1) is 57.8. The Morgan fingerprint density at radius 3 is 0.608 bits per heavy atom. The number of carbonyl (C=O) groups excluding carboxylic acids is 4. The number of aliphatic hydroxyl groups excluding tert-OH is 8. The van der Waals surface area contributed by atoms with Crippen LogP contribution in [0.1, 0.15) is 170 Å². The third kappa shape index (κ3) is 24.1. The molecule has 16 atom stereocenters. The summed E-state index contributed by atoms with van der Waals surface area (Å²) in [6.07, 6.45) is -0.284. The van der Waals surface area contributed by atoms with E-state index >= 15 is 0 Å². The fourth-order valence-electron chi connectivity index (χ4n) is 16.1. The molecule has 8 N–H and O–H groups in total. The minimum Gasteiger partial charge on any atom is -0.394 e. The lowest BCUT2D eigenvalue weighted by molar-refractivity contribution is -0.179. The van der Waals surface area contributed by atoms with Crippen LogP contribution in [0.5, 0.6) is 0 Å². The Bertz CT molecular complexity index is 4140. The predicted molar refractivity (Wildman–Crippen MR) is 462 cm³/mol. The van der Waals surface area contributed by atoms with Crippen molar-refractivity contribution in [2.45, 2.75) is 174 Å². The molecule has 640 valence electrons. The summed E-state index contributed by atoms with van der Waals surface area (Å²) in [6.45, 7) is 0.875. The maximum absolute atomic E-state index is 13.4. The molecule has 120 heavy (non-hydrogen) atoms. The smallest absolute Gasteiger partial charge is 0.252 e. The normalized spacial score (nSPS) is 25.4. The van der Waals surface area contributed by atoms with Gasteiger partial charge >= 0.3 is 0 Å². The molecule has 0 unspecified atom stereocenters. The van der Waals surface area contributed by atoms with Crippen molar-refractivity contribution in [2.75, 3.05) is 52.6 Å². The van der Waals surface area contributed by atoms with E-state index in [1.165, 1.54) is 0 Å². The Labute approximate surface area is 739 Å². The van der Waals surface area contributed by atoms with Crippen molar-refractivity contribution in [3.63, 3.8) is 0 Å². The second-order valence-corrected chi connectivity index (χ2v) is 35.9. The van der Waals surface area contributed by atoms with Gasteiger partial charge in [0.15, 0.2) is 0 Å². The van der Waals surface area contributed by atoms with Crippen LogP contribution in [0.25, 0.3) is 0 Å². The largest absolute Gasteiger partial charge is 0.394 e. The van der Waals surface area contributed by atoms with E-state index in [9.17, 15) is 60.0 Å². The first-order valence-electron chi connectivity index (χ1n) is 40.9. The summed E-state index contributed by atoms with van der Waals surface area (Å²) in [5, 5.41) is 81.9. The van der Waals surface area contributed by atoms with Gasteiger partial charge in [-0.05, 0) is 217 Å². The van der Waals surface area contributed by atoms with Crippen LogP contribution in [-0.2, 0) is 38.1 Å². The van der Waals surface area contributed by atoms with Crippen LogP contribution in [0.2, 0.25) is 40.2 Å². The molecular formula is C92H100Cl8N4O16. The fraction of sp³-hybridized carbons (Fsp3) is 0.435. The lowest BCUT2D eigenvalue weighted by atomic mass is 9.90. The van der Waals surface area contributed by atoms with Gasteiger partial charge in [0.2, 0.25) is 0 Å². The summed E-state index contributed by atoms with van der Waals surface area (Å²) in [5.41, 5.74) is 7.16. The number of morpholine rings is 4. The van der Waals surface area contributed by atoms with Crippen molar-refractivity contribution in [1.82, 2.24) is 19.6 Å². The summed E-state index contributed by atoms with van der Waals surface area (Å²) in [6, 6.07) is 58.3. The third-order valence-electron chi connectivity index (χ3n) is 22.9. The predicted octanol–water partition coefficient (Wildman–Crippen LogP) is 16.6. The molecule has 8 aromatic carbocycles. The van der Waals surface area contributed by atoms with Crippen molar-refractivity contribution >= 4 is 116 Å². The molecule has 0 radical (unpaired) electrons. The lowest BCUT2D eigenvalue weighted by Crippen LogP contribution is -2.52. The Kier molecular flexibility index (Phi) is 32.3. The topological polar surface area (TPSA) is 280 Å². The van der Waals surface area contributed by atoms with E-state index in [-0.39, 0.29) is 73.5 Å². The highest BCUT2D eigenvalue weighted by atomic mass is 35.5. The molecule has 20 nitrogen and oxygen atoms in total. The zero-order valence-electron chi connectivity index (χ0n) is 65.8. The molecule has 4 aliphatic carbocycles. The van der Waals surface area contributed by atoms with Crippen molar-refractivity contribution in [2.24, 2.45) is 23.7 Å². The van der Waals surface area contributed by atoms with Crippen LogP contribution < -0.4 is 0 Å². The quantitative estimate of drug-likeness (QED) is 0.0226. The number of amides is 4. The van der Waals surface area contributed by atoms with Gasteiger partial charge in [0.05, 0.1) is 75.0 Å². The van der Waals surface area contributed by atoms with Gasteiger partial charge in [0, 0.05) is 92.0 Å². The molecule has 4 aliphatic heterocycles. The molecule has 8 aromatic rings. The van der Waals surface area contributed by atoms with Crippen LogP contribution in [0, 0.1) is 23.7 Å². The van der Waals surface area contributed by atoms with Gasteiger partial charge in [0.1, 0.15) is 48.8 Å². The molecule has 0 bridgehead atoms. The van der Waals surface area contributed by atoms with E-state index in [0.717, 1.165) is 95.9 Å². The lowest BCUT2D eigenvalue weighted by Gasteiger charge is -2.45. The highest BCUT2D eigenvalue weighted by Gasteiger charge is 2.51. The van der Waals surface area contributed by atoms with Gasteiger partial charge in [-0.3, -0.25) is 19.2 Å². The van der Waals surface area contributed by atoms with Crippen LogP contribution in [0.15, 0.2) is 194 Å². The van der Waals surface area contributed by atoms with E-state index in [4.69, 9.17) is 112 Å². The SMILES string of the molecule is O=C1[C@H](C[C@@H](O)CO)O[C@@H](c2cccc(Cl)c2)[C@@H](c2ccc(Cl)cc2)N1CC1CC1.O=C1[C@H](C[C@@H](O)CO)O[C@H](c2cccc(Cl)c2)[C@H](c2ccc(Cl)cc2)N1CC1CC1.O=C1[C@H](C[C@H](O)CO)O[C@@H](c2cccc(Cl)c2)[C@@H](c2ccc(Cl)cc2)N1CC1CC1.O=C1[C@H](C[C@H](O)CO)O[C@H](c2cccc(Cl)c2)[C@H](c2ccc(Cl)cc2)N1CC1CC1. The summed E-state index contributed by atoms with van der Waals surface area (Å²) >= 11 is 49.4. The maximum atomic E-state index is 13.4. The molecule has 0 aromatic heterocycles. The first-order valence-corrected chi connectivity index (χ1v) is 43.9. The second kappa shape index (κ2) is 42.4. The molecule has 0 spiro atoms. The zero-order chi connectivity index (χ0) is 85.0. The van der Waals surface area contributed by atoms with E-state index in [0.29, 0.717) is 90.0 Å². The van der Waals surface area contributed by atoms with Gasteiger partial charge in [-0.2, -0.15) is 0 Å². The second-order valence-electron chi connectivity index (χ2n) is 32.4. The summed E-state index contributed by atoms with van der Waals surface area (Å²) in [4.78, 5) is 61.1. The Balaban J connectivity index is 0.000000138. The Hall–Kier alpha value is -6.52. The fourth-order valence-corrected chi connectivity index (χ4v) is 17.4. The average Bonchev–Trinajstić information content (AvgIpc) is 1.69. The van der Waals surface area contributed by atoms with E-state index < -0.39 is 99.7 Å². The molecule has 16 rings (SSSR count). The summed E-state index contributed by atoms with van der Waals surface area (Å²) in [7, 11) is 0. The molecule has 8 aliphatic rings. The summed E-state index contributed by atoms with van der Waals surface area (Å²) < 4.78 is 25.2. The molecule has 4 saturated heterocycles. The number of halogens is 8. The number of hydrogen-bond acceptors (Lipinski definition) is 16. The van der Waals surface area contributed by atoms with Crippen molar-refractivity contribution in [3.05, 3.63) is 279 Å². The Morgan fingerprint density at radius 1 is 0.267 bits per heavy atom. The van der Waals surface area contributed by atoms with E-state index in [1.54, 1.807) is 24.3 Å². The van der Waals surface area contributed by atoms with Gasteiger partial charge < -0.3 is 79.4 Å². The van der Waals surface area contributed by atoms with Gasteiger partial charge in [-0.1, -0.05) is 190 Å². The van der Waals surface area contributed by atoms with Gasteiger partial charge in [-0.25, -0.2) is 0 Å². The average molecular weight is 1800 g/mol. The molecule has 28 heteroatoms. The van der Waals surface area contributed by atoms with Crippen LogP contribution in [0.4, 0.5) is 0 Å². The maximum Gasteiger partial charge on any atom is 0.252 e. The molecule has 4 heterocycles. The molecule has 4 amide bonds. The van der Waals surface area contributed by atoms with Gasteiger partial charge in [0.25, 0.3) is 23.6 Å². The number of hydrogen-bond donors (Lipinski definition) is 8. The Morgan fingerprint density at radius 2 is 0.450 bits per heavy atom. The highest BCUT2D eigenvalue weighted by molar-refractivity contribution is 6.32. The van der Waals surface area contributed by atoms with Crippen LogP contribution in [0.3, 0.4) is 0 Å². The van der Waals surface area contributed by atoms with Crippen LogP contribution in [-0.4, -0.2) is 186 Å². The van der Waals surface area contributed by atoms with E-state index in [1.807, 2.05) is 189 Å². The zero-order valence-corrected chi connectivity index (χ0v) is 71.9. The molecular weight excluding hydrogens is 1700 g/mol. The molecule has 8 fully saturated rings. The number of nitrogens with zero attached hydrogens (tertiary/aromatic N) is 4. The highest BCUT2D eigenvalue weighted by Crippen LogP contribution is 2.51. The first kappa shape index (κ1) is 91.2. The minimum atomic E-state index is -1.02. The monoisotopic (exact) mass is 1800 g/mol. The minimum absolute atomic E-state index is 0.0426. The van der Waals surface area contributed by atoms with Crippen molar-refractivity contribution in [1.29, 1.82) is 0 Å². The van der Waals surface area contributed by atoms with E-state index in [2.05, 4.69) is 0 Å². The number of aliphatic hydroxyl groups is 8. The summed E-state index contributed by atoms with van der Waals surface area (Å²) in [5.74, 6) is 1.27. The number of rotatable bonds is 28. The van der Waals surface area contributed by atoms with Crippen LogP contribution >= 0.6 is 92.8 Å². The standard InChI is InChI=1S/4C23H25Cl2NO4/c4*24-17-8-6-15(7-9-17)21-22(16-2-1-3-18(25)10-16)30-20(11-19(28)13-27)23(29)26(21)12-14-4-5-14/h4*1-3,6-10,14,19-22,27-28H,4-5,11-13H2/t19-,20+,21+,22-;19-,20+,21-,22+;19-,20-,21+,22-;19-,20-,21-,22+/m1100/s1. The number of carbonyl (C=O) groups is 4.